The van der Waals surface area contributed by atoms with Crippen molar-refractivity contribution in [1.82, 2.24) is 0 Å². The molecule has 0 aliphatic heterocycles. The van der Waals surface area contributed by atoms with Gasteiger partial charge in [-0.05, 0) is 150 Å². The van der Waals surface area contributed by atoms with Gasteiger partial charge in [-0.2, -0.15) is 0 Å². The van der Waals surface area contributed by atoms with Gasteiger partial charge in [0, 0.05) is 16.5 Å². The van der Waals surface area contributed by atoms with E-state index in [4.69, 9.17) is 0 Å². The van der Waals surface area contributed by atoms with Gasteiger partial charge in [0.15, 0.2) is 0 Å². The van der Waals surface area contributed by atoms with Crippen molar-refractivity contribution in [2.24, 2.45) is 0 Å². The Morgan fingerprint density at radius 2 is 0.441 bits per heavy atom. The maximum atomic E-state index is 10.0. The van der Waals surface area contributed by atoms with Crippen LogP contribution in [0.2, 0.25) is 0 Å². The molecule has 0 aliphatic rings. The molecule has 0 N–H and O–H groups in total. The first-order valence-electron chi connectivity index (χ1n) is 19.5. The number of carbonyl (C=O) groups is 4. The molecule has 7 heteroatoms. The topological polar surface area (TPSA) is 68.3 Å². The molecule has 0 spiro atoms. The quantitative estimate of drug-likeness (QED) is 0.0782. The summed E-state index contributed by atoms with van der Waals surface area (Å²) in [5, 5.41) is 8.76. The summed E-state index contributed by atoms with van der Waals surface area (Å²) in [4.78, 5) is 40.1. The fraction of sp³-hybridized carbons (Fsp3) is 0.231. The molecule has 6 rings (SSSR count). The second-order valence-corrected chi connectivity index (χ2v) is 18.8. The van der Waals surface area contributed by atoms with Gasteiger partial charge >= 0.3 is 0 Å². The van der Waals surface area contributed by atoms with E-state index in [1.807, 2.05) is 0 Å². The van der Waals surface area contributed by atoms with Crippen molar-refractivity contribution >= 4 is 70.8 Å². The Balaban J connectivity index is 0.000000306. The van der Waals surface area contributed by atoms with Crippen LogP contribution in [0.3, 0.4) is 0 Å². The maximum Gasteiger partial charge on any atom is 0.137 e. The van der Waals surface area contributed by atoms with Gasteiger partial charge in [-0.1, -0.05) is 146 Å². The van der Waals surface area contributed by atoms with Crippen LogP contribution < -0.4 is 31.8 Å². The van der Waals surface area contributed by atoms with Crippen molar-refractivity contribution in [2.75, 3.05) is 0 Å². The molecule has 0 aliphatic carbocycles. The van der Waals surface area contributed by atoms with E-state index < -0.39 is 15.8 Å². The number of ketones is 4. The number of rotatable bonds is 10. The molecular formula is C52H58NiO4P2. The summed E-state index contributed by atoms with van der Waals surface area (Å²) in [5.74, 6) is -0.250. The van der Waals surface area contributed by atoms with E-state index in [1.54, 1.807) is 0 Å². The van der Waals surface area contributed by atoms with Gasteiger partial charge in [0.05, 0.1) is 12.8 Å². The van der Waals surface area contributed by atoms with E-state index in [0.717, 1.165) is 0 Å². The molecular weight excluding hydrogens is 809 g/mol. The van der Waals surface area contributed by atoms with E-state index in [9.17, 15) is 19.2 Å². The fourth-order valence-corrected chi connectivity index (χ4v) is 11.9. The van der Waals surface area contributed by atoms with Crippen LogP contribution in [-0.4, -0.2) is 23.1 Å². The third-order valence-electron chi connectivity index (χ3n) is 9.13. The zero-order valence-electron chi connectivity index (χ0n) is 36.1. The number of carbonyl (C=O) groups excluding carboxylic acids is 4. The van der Waals surface area contributed by atoms with Gasteiger partial charge in [0.25, 0.3) is 0 Å². The zero-order chi connectivity index (χ0) is 42.8. The Hall–Kier alpha value is -4.65. The summed E-state index contributed by atoms with van der Waals surface area (Å²) >= 11 is 0. The van der Waals surface area contributed by atoms with Gasteiger partial charge in [0.1, 0.15) is 23.1 Å². The average Bonchev–Trinajstić information content (AvgIpc) is 3.16. The second-order valence-electron chi connectivity index (χ2n) is 14.6. The Kier molecular flexibility index (Phi) is 22.0. The Bertz CT molecular complexity index is 1910. The van der Waals surface area contributed by atoms with Crippen molar-refractivity contribution in [1.29, 1.82) is 0 Å². The Morgan fingerprint density at radius 1 is 0.305 bits per heavy atom. The minimum atomic E-state index is -0.508. The normalized spacial score (nSPS) is 10.1. The van der Waals surface area contributed by atoms with Crippen LogP contribution in [0.5, 0.6) is 0 Å². The van der Waals surface area contributed by atoms with Crippen LogP contribution >= 0.6 is 15.8 Å². The summed E-state index contributed by atoms with van der Waals surface area (Å²) in [7, 11) is -1.02. The average molecular weight is 868 g/mol. The van der Waals surface area contributed by atoms with E-state index in [2.05, 4.69) is 187 Å². The van der Waals surface area contributed by atoms with Gasteiger partial charge in [-0.15, -0.1) is 0 Å². The molecule has 0 bridgehead atoms. The van der Waals surface area contributed by atoms with E-state index >= 15 is 0 Å². The Labute approximate surface area is 365 Å². The summed E-state index contributed by atoms with van der Waals surface area (Å²) in [6, 6.07) is 52.8. The standard InChI is InChI=1S/2C21H21P.2C5H8O2.Ni/c2*1-16-10-4-7-13-19(16)22(20-14-8-5-11-17(20)2)21-15-9-6-12-18(21)3;2*1-4(6)3-5(2)7;/h2*4-15H,1-3H3;2*3H2,1-2H3;. The van der Waals surface area contributed by atoms with Crippen LogP contribution in [0.4, 0.5) is 0 Å². The third kappa shape index (κ3) is 16.1. The van der Waals surface area contributed by atoms with Crippen LogP contribution in [0.15, 0.2) is 146 Å². The molecule has 0 radical (unpaired) electrons. The minimum absolute atomic E-state index is 0. The first-order chi connectivity index (χ1) is 27.6. The van der Waals surface area contributed by atoms with Crippen molar-refractivity contribution in [3.63, 3.8) is 0 Å². The molecule has 0 amide bonds. The van der Waals surface area contributed by atoms with Crippen LogP contribution in [-0.2, 0) is 35.7 Å². The van der Waals surface area contributed by atoms with Gasteiger partial charge < -0.3 is 0 Å². The monoisotopic (exact) mass is 866 g/mol. The molecule has 0 saturated heterocycles. The number of benzene rings is 6. The van der Waals surface area contributed by atoms with Crippen molar-refractivity contribution in [2.45, 2.75) is 82.1 Å². The maximum absolute atomic E-state index is 10.0. The molecule has 0 aromatic heterocycles. The smallest absolute Gasteiger partial charge is 0.137 e. The molecule has 0 unspecified atom stereocenters. The number of Topliss-reactive ketones (excluding diaryl/α,β-unsaturated/α-hetero) is 4. The summed E-state index contributed by atoms with van der Waals surface area (Å²) in [6.07, 6.45) is 0.167. The largest absolute Gasteiger partial charge is 0.300 e. The molecule has 59 heavy (non-hydrogen) atoms. The van der Waals surface area contributed by atoms with Crippen LogP contribution in [0.25, 0.3) is 0 Å². The van der Waals surface area contributed by atoms with Gasteiger partial charge in [-0.25, -0.2) is 0 Å². The molecule has 0 saturated carbocycles. The van der Waals surface area contributed by atoms with Gasteiger partial charge in [0.2, 0.25) is 0 Å². The van der Waals surface area contributed by atoms with E-state index in [1.165, 1.54) is 92.9 Å². The Morgan fingerprint density at radius 3 is 0.542 bits per heavy atom. The minimum Gasteiger partial charge on any atom is -0.300 e. The van der Waals surface area contributed by atoms with E-state index in [-0.39, 0.29) is 52.5 Å². The molecule has 6 aromatic rings. The van der Waals surface area contributed by atoms with Gasteiger partial charge in [-0.3, -0.25) is 19.2 Å². The van der Waals surface area contributed by atoms with Crippen molar-refractivity contribution in [3.05, 3.63) is 179 Å². The molecule has 6 aromatic carbocycles. The zero-order valence-corrected chi connectivity index (χ0v) is 38.9. The van der Waals surface area contributed by atoms with E-state index in [0.29, 0.717) is 0 Å². The number of hydrogen-bond donors (Lipinski definition) is 0. The molecule has 4 nitrogen and oxygen atoms in total. The number of hydrogen-bond acceptors (Lipinski definition) is 4. The number of aryl methyl sites for hydroxylation is 6. The summed E-state index contributed by atoms with van der Waals surface area (Å²) < 4.78 is 0. The predicted octanol–water partition coefficient (Wildman–Crippen LogP) is 9.85. The first-order valence-corrected chi connectivity index (χ1v) is 22.2. The molecule has 0 fully saturated rings. The fourth-order valence-electron chi connectivity index (χ4n) is 6.37. The second kappa shape index (κ2) is 25.8. The predicted molar refractivity (Wildman–Crippen MR) is 251 cm³/mol. The first kappa shape index (κ1) is 50.5. The molecule has 0 heterocycles. The van der Waals surface area contributed by atoms with Crippen molar-refractivity contribution in [3.8, 4) is 0 Å². The molecule has 310 valence electrons. The van der Waals surface area contributed by atoms with Crippen LogP contribution in [0, 0.1) is 41.5 Å². The van der Waals surface area contributed by atoms with Crippen molar-refractivity contribution < 1.29 is 35.7 Å². The summed E-state index contributed by atoms with van der Waals surface area (Å²) in [6.45, 7) is 19.0. The third-order valence-corrected chi connectivity index (χ3v) is 15.0. The molecule has 0 atom stereocenters. The van der Waals surface area contributed by atoms with Crippen LogP contribution in [0.1, 0.15) is 73.9 Å². The summed E-state index contributed by atoms with van der Waals surface area (Å²) in [5.41, 5.74) is 8.25. The SMILES string of the molecule is CC(=O)CC(C)=O.CC(=O)CC(C)=O.Cc1ccccc1P(c1ccccc1C)c1ccccc1C.Cc1ccccc1P(c1ccccc1C)c1ccccc1C.[Ni].